The van der Waals surface area contributed by atoms with Crippen molar-refractivity contribution in [2.24, 2.45) is 5.92 Å². The Hall–Kier alpha value is -1.45. The molecule has 1 aromatic rings. The number of ether oxygens (including phenoxy) is 1. The maximum atomic E-state index is 12.8. The van der Waals surface area contributed by atoms with E-state index in [9.17, 15) is 13.2 Å². The smallest absolute Gasteiger partial charge is 0.416 e. The molecule has 20 heavy (non-hydrogen) atoms. The minimum Gasteiger partial charge on any atom is -0.493 e. The third-order valence-corrected chi connectivity index (χ3v) is 2.91. The van der Waals surface area contributed by atoms with Crippen LogP contribution in [0.25, 0.3) is 0 Å². The van der Waals surface area contributed by atoms with Gasteiger partial charge in [-0.1, -0.05) is 26.0 Å². The van der Waals surface area contributed by atoms with Gasteiger partial charge in [-0.3, -0.25) is 0 Å². The molecule has 0 fully saturated rings. The minimum atomic E-state index is -4.32. The number of allylic oxidation sites excluding steroid dienone is 2. The van der Waals surface area contributed by atoms with Crippen LogP contribution in [0.3, 0.4) is 0 Å². The summed E-state index contributed by atoms with van der Waals surface area (Å²) in [5.74, 6) is 0.726. The van der Waals surface area contributed by atoms with Crippen molar-refractivity contribution in [1.82, 2.24) is 0 Å². The van der Waals surface area contributed by atoms with Gasteiger partial charge < -0.3 is 4.74 Å². The van der Waals surface area contributed by atoms with Gasteiger partial charge in [-0.25, -0.2) is 0 Å². The van der Waals surface area contributed by atoms with Gasteiger partial charge in [0.15, 0.2) is 0 Å². The molecule has 0 saturated carbocycles. The van der Waals surface area contributed by atoms with E-state index in [-0.39, 0.29) is 5.92 Å². The highest BCUT2D eigenvalue weighted by molar-refractivity contribution is 5.39. The Morgan fingerprint density at radius 2 is 2.00 bits per heavy atom. The van der Waals surface area contributed by atoms with E-state index in [2.05, 4.69) is 0 Å². The first-order valence-electron chi connectivity index (χ1n) is 6.84. The molecule has 0 bridgehead atoms. The zero-order valence-electron chi connectivity index (χ0n) is 12.1. The fourth-order valence-corrected chi connectivity index (χ4v) is 2.01. The molecule has 0 saturated heterocycles. The van der Waals surface area contributed by atoms with Crippen LogP contribution in [-0.2, 0) is 12.6 Å². The van der Waals surface area contributed by atoms with E-state index in [1.807, 2.05) is 32.9 Å². The van der Waals surface area contributed by atoms with Crippen molar-refractivity contribution in [3.8, 4) is 5.75 Å². The molecule has 0 aromatic heterocycles. The van der Waals surface area contributed by atoms with Crippen LogP contribution in [0.15, 0.2) is 30.4 Å². The maximum absolute atomic E-state index is 12.8. The molecule has 1 nitrogen and oxygen atoms in total. The molecule has 0 N–H and O–H groups in total. The molecule has 0 amide bonds. The Bertz CT molecular complexity index is 450. The van der Waals surface area contributed by atoms with Gasteiger partial charge in [-0.2, -0.15) is 13.2 Å². The van der Waals surface area contributed by atoms with E-state index < -0.39 is 11.7 Å². The molecule has 0 heterocycles. The van der Waals surface area contributed by atoms with E-state index in [0.29, 0.717) is 24.3 Å². The highest BCUT2D eigenvalue weighted by Gasteiger charge is 2.31. The predicted octanol–water partition coefficient (Wildman–Crippen LogP) is 5.25. The molecule has 1 atom stereocenters. The second-order valence-corrected chi connectivity index (χ2v) is 4.88. The largest absolute Gasteiger partial charge is 0.493 e. The van der Waals surface area contributed by atoms with Crippen molar-refractivity contribution in [2.45, 2.75) is 39.8 Å². The normalized spacial score (nSPS) is 13.7. The average Bonchev–Trinajstić information content (AvgIpc) is 2.36. The van der Waals surface area contributed by atoms with Crippen LogP contribution in [-0.4, -0.2) is 6.61 Å². The van der Waals surface area contributed by atoms with E-state index in [1.54, 1.807) is 0 Å². The van der Waals surface area contributed by atoms with Crippen molar-refractivity contribution in [3.05, 3.63) is 41.5 Å². The Labute approximate surface area is 118 Å². The highest BCUT2D eigenvalue weighted by Crippen LogP contribution is 2.33. The predicted molar refractivity (Wildman–Crippen MR) is 74.9 cm³/mol. The van der Waals surface area contributed by atoms with Gasteiger partial charge >= 0.3 is 6.18 Å². The molecule has 0 spiro atoms. The van der Waals surface area contributed by atoms with Crippen LogP contribution in [0.4, 0.5) is 13.2 Å². The van der Waals surface area contributed by atoms with E-state index >= 15 is 0 Å². The zero-order chi connectivity index (χ0) is 15.2. The first kappa shape index (κ1) is 16.6. The molecule has 0 aliphatic carbocycles. The van der Waals surface area contributed by atoms with Crippen molar-refractivity contribution in [1.29, 1.82) is 0 Å². The quantitative estimate of drug-likeness (QED) is 0.649. The van der Waals surface area contributed by atoms with Gasteiger partial charge in [0.2, 0.25) is 0 Å². The summed E-state index contributed by atoms with van der Waals surface area (Å²) in [5.41, 5.74) is -0.0112. The van der Waals surface area contributed by atoms with Gasteiger partial charge in [0.1, 0.15) is 5.75 Å². The summed E-state index contributed by atoms with van der Waals surface area (Å²) in [5, 5.41) is 0. The number of alkyl halides is 3. The lowest BCUT2D eigenvalue weighted by Crippen LogP contribution is -2.08. The van der Waals surface area contributed by atoms with Crippen molar-refractivity contribution < 1.29 is 17.9 Å². The monoisotopic (exact) mass is 286 g/mol. The first-order chi connectivity index (χ1) is 9.38. The fourth-order valence-electron chi connectivity index (χ4n) is 2.01. The van der Waals surface area contributed by atoms with Crippen LogP contribution in [0, 0.1) is 5.92 Å². The van der Waals surface area contributed by atoms with E-state index in [4.69, 9.17) is 4.74 Å². The van der Waals surface area contributed by atoms with Gasteiger partial charge in [0.05, 0.1) is 12.2 Å². The SMILES string of the molecule is C/C=C\C(C)Cc1cc(C(F)(F)F)ccc1OCCC. The maximum Gasteiger partial charge on any atom is 0.416 e. The summed E-state index contributed by atoms with van der Waals surface area (Å²) in [4.78, 5) is 0. The van der Waals surface area contributed by atoms with Crippen molar-refractivity contribution in [2.75, 3.05) is 6.61 Å². The summed E-state index contributed by atoms with van der Waals surface area (Å²) < 4.78 is 43.9. The summed E-state index contributed by atoms with van der Waals surface area (Å²) in [7, 11) is 0. The molecule has 4 heteroatoms. The highest BCUT2D eigenvalue weighted by atomic mass is 19.4. The number of rotatable bonds is 6. The Morgan fingerprint density at radius 1 is 1.30 bits per heavy atom. The summed E-state index contributed by atoms with van der Waals surface area (Å²) in [6.07, 6.45) is 0.925. The van der Waals surface area contributed by atoms with Gasteiger partial charge in [0, 0.05) is 0 Å². The second-order valence-electron chi connectivity index (χ2n) is 4.88. The molecular formula is C16H21F3O. The van der Waals surface area contributed by atoms with Crippen LogP contribution >= 0.6 is 0 Å². The third-order valence-electron chi connectivity index (χ3n) is 2.91. The van der Waals surface area contributed by atoms with Crippen LogP contribution in [0.1, 0.15) is 38.3 Å². The standard InChI is InChI=1S/C16H21F3O/c1-4-6-12(3)10-13-11-14(16(17,18)19)7-8-15(13)20-9-5-2/h4,6-8,11-12H,5,9-10H2,1-3H3/b6-4-. The summed E-state index contributed by atoms with van der Waals surface area (Å²) >= 11 is 0. The summed E-state index contributed by atoms with van der Waals surface area (Å²) in [6, 6.07) is 3.70. The fraction of sp³-hybridized carbons (Fsp3) is 0.500. The Morgan fingerprint density at radius 3 is 2.55 bits per heavy atom. The molecule has 1 rings (SSSR count). The Balaban J connectivity index is 3.05. The number of halogens is 3. The molecule has 0 aliphatic heterocycles. The van der Waals surface area contributed by atoms with Gasteiger partial charge in [0.25, 0.3) is 0 Å². The zero-order valence-corrected chi connectivity index (χ0v) is 12.1. The van der Waals surface area contributed by atoms with Crippen LogP contribution < -0.4 is 4.74 Å². The lowest BCUT2D eigenvalue weighted by Gasteiger charge is -2.16. The number of hydrogen-bond acceptors (Lipinski definition) is 1. The Kier molecular flexibility index (Phi) is 6.11. The minimum absolute atomic E-state index is 0.174. The van der Waals surface area contributed by atoms with Crippen molar-refractivity contribution >= 4 is 0 Å². The van der Waals surface area contributed by atoms with Crippen LogP contribution in [0.5, 0.6) is 5.75 Å². The van der Waals surface area contributed by atoms with Gasteiger partial charge in [-0.05, 0) is 49.4 Å². The molecular weight excluding hydrogens is 265 g/mol. The average molecular weight is 286 g/mol. The molecule has 0 aliphatic rings. The van der Waals surface area contributed by atoms with E-state index in [1.165, 1.54) is 12.1 Å². The molecule has 1 aromatic carbocycles. The first-order valence-corrected chi connectivity index (χ1v) is 6.84. The molecule has 0 radical (unpaired) electrons. The lowest BCUT2D eigenvalue weighted by molar-refractivity contribution is -0.137. The number of benzene rings is 1. The topological polar surface area (TPSA) is 9.23 Å². The molecule has 112 valence electrons. The molecule has 1 unspecified atom stereocenters. The lowest BCUT2D eigenvalue weighted by atomic mass is 9.98. The van der Waals surface area contributed by atoms with E-state index in [0.717, 1.165) is 12.5 Å². The third kappa shape index (κ3) is 4.91. The summed E-state index contributed by atoms with van der Waals surface area (Å²) in [6.45, 7) is 6.35. The van der Waals surface area contributed by atoms with Crippen LogP contribution in [0.2, 0.25) is 0 Å². The second kappa shape index (κ2) is 7.36. The van der Waals surface area contributed by atoms with Gasteiger partial charge in [-0.15, -0.1) is 0 Å². The number of hydrogen-bond donors (Lipinski definition) is 0. The van der Waals surface area contributed by atoms with Crippen molar-refractivity contribution in [3.63, 3.8) is 0 Å².